The first kappa shape index (κ1) is 24.3. The molecule has 3 aromatic rings. The molecule has 1 atom stereocenters. The zero-order valence-electron chi connectivity index (χ0n) is 20.2. The number of hydrogen-bond acceptors (Lipinski definition) is 4. The Bertz CT molecular complexity index is 1210. The summed E-state index contributed by atoms with van der Waals surface area (Å²) in [6, 6.07) is 24.1. The minimum Gasteiger partial charge on any atom is -0.503 e. The average molecular weight is 470 g/mol. The van der Waals surface area contributed by atoms with Crippen LogP contribution in [0.25, 0.3) is 0 Å². The lowest BCUT2D eigenvalue weighted by molar-refractivity contribution is -0.118. The molecule has 1 amide bonds. The van der Waals surface area contributed by atoms with Crippen LogP contribution in [0.1, 0.15) is 49.4 Å². The third kappa shape index (κ3) is 5.29. The second kappa shape index (κ2) is 11.0. The van der Waals surface area contributed by atoms with E-state index in [0.717, 1.165) is 29.5 Å². The first-order chi connectivity index (χ1) is 17.0. The van der Waals surface area contributed by atoms with Crippen molar-refractivity contribution in [3.63, 3.8) is 0 Å². The van der Waals surface area contributed by atoms with Gasteiger partial charge in [-0.3, -0.25) is 14.5 Å². The number of aliphatic hydroxyl groups excluding tert-OH is 1. The number of rotatable bonds is 10. The van der Waals surface area contributed by atoms with Gasteiger partial charge in [-0.05, 0) is 48.1 Å². The van der Waals surface area contributed by atoms with Gasteiger partial charge in [-0.15, -0.1) is 0 Å². The van der Waals surface area contributed by atoms with E-state index in [9.17, 15) is 14.7 Å². The largest absolute Gasteiger partial charge is 0.503 e. The fourth-order valence-electron chi connectivity index (χ4n) is 4.39. The third-order valence-electron chi connectivity index (χ3n) is 6.26. The molecule has 0 spiro atoms. The topological polar surface area (TPSA) is 66.8 Å². The van der Waals surface area contributed by atoms with Crippen LogP contribution < -0.4 is 9.64 Å². The highest BCUT2D eigenvalue weighted by Crippen LogP contribution is 2.42. The molecular formula is C30H31NO4. The molecule has 0 saturated carbocycles. The summed E-state index contributed by atoms with van der Waals surface area (Å²) < 4.78 is 5.77. The molecular weight excluding hydrogens is 438 g/mol. The van der Waals surface area contributed by atoms with Crippen molar-refractivity contribution in [2.24, 2.45) is 0 Å². The summed E-state index contributed by atoms with van der Waals surface area (Å²) in [6.07, 6.45) is 2.48. The van der Waals surface area contributed by atoms with Crippen molar-refractivity contribution in [1.29, 1.82) is 0 Å². The summed E-state index contributed by atoms with van der Waals surface area (Å²) in [5.41, 5.74) is 3.69. The molecule has 0 fully saturated rings. The zero-order valence-corrected chi connectivity index (χ0v) is 20.2. The van der Waals surface area contributed by atoms with E-state index in [1.165, 1.54) is 4.90 Å². The molecule has 35 heavy (non-hydrogen) atoms. The normalized spacial score (nSPS) is 15.5. The first-order valence-electron chi connectivity index (χ1n) is 12.2. The van der Waals surface area contributed by atoms with Gasteiger partial charge in [-0.1, -0.05) is 74.5 Å². The molecule has 1 N–H and O–H groups in total. The molecule has 0 bridgehead atoms. The first-order valence-corrected chi connectivity index (χ1v) is 12.2. The van der Waals surface area contributed by atoms with Crippen LogP contribution in [-0.4, -0.2) is 23.4 Å². The van der Waals surface area contributed by atoms with Gasteiger partial charge < -0.3 is 9.84 Å². The molecule has 1 unspecified atom stereocenters. The molecule has 4 rings (SSSR count). The molecule has 0 radical (unpaired) electrons. The maximum absolute atomic E-state index is 13.4. The van der Waals surface area contributed by atoms with Gasteiger partial charge in [0.1, 0.15) is 5.75 Å². The fourth-order valence-corrected chi connectivity index (χ4v) is 4.39. The Hall–Kier alpha value is -3.86. The Kier molecular flexibility index (Phi) is 7.66. The molecule has 1 heterocycles. The average Bonchev–Trinajstić information content (AvgIpc) is 3.17. The quantitative estimate of drug-likeness (QED) is 0.387. The van der Waals surface area contributed by atoms with Gasteiger partial charge in [-0.25, -0.2) is 0 Å². The molecule has 180 valence electrons. The van der Waals surface area contributed by atoms with E-state index in [-0.39, 0.29) is 17.8 Å². The molecule has 0 aromatic heterocycles. The summed E-state index contributed by atoms with van der Waals surface area (Å²) >= 11 is 0. The van der Waals surface area contributed by atoms with Crippen molar-refractivity contribution >= 4 is 17.4 Å². The SMILES string of the molecule is CCCOc1cccc(N2C(=O)C(O)=C(C(=O)CCc3ccccc3)C2c2ccc(CC)cc2)c1. The Morgan fingerprint density at radius 3 is 2.37 bits per heavy atom. The van der Waals surface area contributed by atoms with Gasteiger partial charge in [-0.2, -0.15) is 0 Å². The van der Waals surface area contributed by atoms with Gasteiger partial charge in [0.05, 0.1) is 18.2 Å². The van der Waals surface area contributed by atoms with Crippen LogP contribution in [0.3, 0.4) is 0 Å². The third-order valence-corrected chi connectivity index (χ3v) is 6.26. The van der Waals surface area contributed by atoms with E-state index >= 15 is 0 Å². The smallest absolute Gasteiger partial charge is 0.294 e. The summed E-state index contributed by atoms with van der Waals surface area (Å²) in [6.45, 7) is 4.66. The number of ether oxygens (including phenoxy) is 1. The van der Waals surface area contributed by atoms with Crippen LogP contribution in [0.15, 0.2) is 90.2 Å². The fraction of sp³-hybridized carbons (Fsp3) is 0.267. The molecule has 0 saturated heterocycles. The van der Waals surface area contributed by atoms with Crippen molar-refractivity contribution in [2.75, 3.05) is 11.5 Å². The zero-order chi connectivity index (χ0) is 24.8. The number of aliphatic hydroxyl groups is 1. The standard InChI is InChI=1S/C30H31NO4/c1-3-19-35-25-12-8-11-24(20-25)31-28(23-16-13-21(4-2)14-17-23)27(29(33)30(31)34)26(32)18-15-22-9-6-5-7-10-22/h5-14,16-17,20,28,33H,3-4,15,18-19H2,1-2H3. The molecule has 1 aliphatic rings. The Labute approximate surface area is 206 Å². The van der Waals surface area contributed by atoms with Gasteiger partial charge in [0.2, 0.25) is 0 Å². The van der Waals surface area contributed by atoms with Crippen LogP contribution in [0.2, 0.25) is 0 Å². The van der Waals surface area contributed by atoms with Crippen LogP contribution >= 0.6 is 0 Å². The number of anilines is 1. The lowest BCUT2D eigenvalue weighted by Gasteiger charge is -2.27. The number of carbonyl (C=O) groups excluding carboxylic acids is 2. The number of Topliss-reactive ketones (excluding diaryl/α,β-unsaturated/α-hetero) is 1. The Morgan fingerprint density at radius 2 is 1.69 bits per heavy atom. The van der Waals surface area contributed by atoms with Crippen molar-refractivity contribution < 1.29 is 19.4 Å². The second-order valence-electron chi connectivity index (χ2n) is 8.69. The predicted molar refractivity (Wildman–Crippen MR) is 138 cm³/mol. The van der Waals surface area contributed by atoms with Crippen molar-refractivity contribution in [3.05, 3.63) is 107 Å². The molecule has 5 heteroatoms. The Balaban J connectivity index is 1.71. The maximum atomic E-state index is 13.4. The van der Waals surface area contributed by atoms with E-state index in [1.54, 1.807) is 12.1 Å². The highest BCUT2D eigenvalue weighted by molar-refractivity contribution is 6.16. The van der Waals surface area contributed by atoms with Crippen LogP contribution in [-0.2, 0) is 22.4 Å². The summed E-state index contributed by atoms with van der Waals surface area (Å²) in [5, 5.41) is 10.9. The molecule has 5 nitrogen and oxygen atoms in total. The minimum absolute atomic E-state index is 0.148. The number of ketones is 1. The number of amides is 1. The van der Waals surface area contributed by atoms with Crippen LogP contribution in [0.4, 0.5) is 5.69 Å². The van der Waals surface area contributed by atoms with E-state index in [2.05, 4.69) is 6.92 Å². The predicted octanol–water partition coefficient (Wildman–Crippen LogP) is 6.14. The molecule has 0 aliphatic carbocycles. The van der Waals surface area contributed by atoms with Crippen LogP contribution in [0, 0.1) is 0 Å². The summed E-state index contributed by atoms with van der Waals surface area (Å²) in [4.78, 5) is 28.3. The van der Waals surface area contributed by atoms with Crippen molar-refractivity contribution in [2.45, 2.75) is 45.6 Å². The lowest BCUT2D eigenvalue weighted by atomic mass is 9.92. The summed E-state index contributed by atoms with van der Waals surface area (Å²) in [7, 11) is 0. The van der Waals surface area contributed by atoms with Crippen molar-refractivity contribution in [1.82, 2.24) is 0 Å². The number of benzene rings is 3. The number of carbonyl (C=O) groups is 2. The van der Waals surface area contributed by atoms with Gasteiger partial charge >= 0.3 is 0 Å². The monoisotopic (exact) mass is 469 g/mol. The lowest BCUT2D eigenvalue weighted by Crippen LogP contribution is -2.31. The van der Waals surface area contributed by atoms with E-state index in [1.807, 2.05) is 73.7 Å². The van der Waals surface area contributed by atoms with Crippen LogP contribution in [0.5, 0.6) is 5.75 Å². The van der Waals surface area contributed by atoms with Gasteiger partial charge in [0.15, 0.2) is 11.5 Å². The summed E-state index contributed by atoms with van der Waals surface area (Å²) in [5.74, 6) is -0.650. The van der Waals surface area contributed by atoms with Gasteiger partial charge in [0, 0.05) is 18.2 Å². The van der Waals surface area contributed by atoms with Gasteiger partial charge in [0.25, 0.3) is 5.91 Å². The van der Waals surface area contributed by atoms with Crippen molar-refractivity contribution in [3.8, 4) is 5.75 Å². The molecule has 1 aliphatic heterocycles. The minimum atomic E-state index is -0.710. The molecule has 3 aromatic carbocycles. The van der Waals surface area contributed by atoms with E-state index in [0.29, 0.717) is 24.5 Å². The maximum Gasteiger partial charge on any atom is 0.294 e. The number of hydrogen-bond donors (Lipinski definition) is 1. The highest BCUT2D eigenvalue weighted by Gasteiger charge is 2.44. The number of aryl methyl sites for hydroxylation is 2. The second-order valence-corrected chi connectivity index (χ2v) is 8.69. The van der Waals surface area contributed by atoms with E-state index in [4.69, 9.17) is 4.74 Å². The number of nitrogens with zero attached hydrogens (tertiary/aromatic N) is 1. The highest BCUT2D eigenvalue weighted by atomic mass is 16.5. The van der Waals surface area contributed by atoms with E-state index < -0.39 is 17.7 Å². The Morgan fingerprint density at radius 1 is 0.943 bits per heavy atom.